The molecule has 8 nitrogen and oxygen atoms in total. The third-order valence-electron chi connectivity index (χ3n) is 3.23. The van der Waals surface area contributed by atoms with E-state index in [1.807, 2.05) is 6.92 Å². The highest BCUT2D eigenvalue weighted by molar-refractivity contribution is 7.14. The summed E-state index contributed by atoms with van der Waals surface area (Å²) in [5.41, 5.74) is 0.424. The number of nitrogens with zero attached hydrogens (tertiary/aromatic N) is 3. The Bertz CT molecular complexity index is 799. The second-order valence-electron chi connectivity index (χ2n) is 5.21. The number of rotatable bonds is 8. The van der Waals surface area contributed by atoms with Gasteiger partial charge in [-0.1, -0.05) is 13.3 Å². The first-order valence-corrected chi connectivity index (χ1v) is 8.91. The molecule has 25 heavy (non-hydrogen) atoms. The van der Waals surface area contributed by atoms with Gasteiger partial charge in [0.05, 0.1) is 18.7 Å². The summed E-state index contributed by atoms with van der Waals surface area (Å²) in [5.74, 6) is -0.822. The van der Waals surface area contributed by atoms with Gasteiger partial charge < -0.3 is 4.74 Å². The molecular weight excluding hydrogens is 344 g/mol. The Morgan fingerprint density at radius 1 is 1.32 bits per heavy atom. The largest absolute Gasteiger partial charge is 0.466 e. The molecule has 0 aromatic carbocycles. The van der Waals surface area contributed by atoms with E-state index in [1.54, 1.807) is 12.3 Å². The lowest BCUT2D eigenvalue weighted by Crippen LogP contribution is -2.26. The topological polar surface area (TPSA) is 103 Å². The summed E-state index contributed by atoms with van der Waals surface area (Å²) in [6.45, 7) is 4.53. The summed E-state index contributed by atoms with van der Waals surface area (Å²) in [6.07, 6.45) is 1.79. The summed E-state index contributed by atoms with van der Waals surface area (Å²) < 4.78 is 6.14. The van der Waals surface area contributed by atoms with E-state index < -0.39 is 5.91 Å². The zero-order valence-electron chi connectivity index (χ0n) is 14.2. The molecular formula is C16H20N4O4S. The second kappa shape index (κ2) is 9.07. The van der Waals surface area contributed by atoms with Gasteiger partial charge >= 0.3 is 5.97 Å². The minimum atomic E-state index is -0.456. The van der Waals surface area contributed by atoms with Crippen molar-refractivity contribution in [3.8, 4) is 0 Å². The third-order valence-corrected chi connectivity index (χ3v) is 4.03. The number of nitrogens with one attached hydrogen (secondary N) is 1. The van der Waals surface area contributed by atoms with Crippen molar-refractivity contribution in [2.45, 2.75) is 39.7 Å². The van der Waals surface area contributed by atoms with Gasteiger partial charge in [-0.05, 0) is 19.4 Å². The number of thiazole rings is 1. The molecule has 0 aliphatic carbocycles. The first-order valence-electron chi connectivity index (χ1n) is 8.03. The van der Waals surface area contributed by atoms with Gasteiger partial charge in [-0.3, -0.25) is 19.7 Å². The second-order valence-corrected chi connectivity index (χ2v) is 6.07. The Labute approximate surface area is 148 Å². The molecule has 1 amide bonds. The van der Waals surface area contributed by atoms with E-state index in [0.29, 0.717) is 24.0 Å². The van der Waals surface area contributed by atoms with Crippen molar-refractivity contribution in [1.29, 1.82) is 0 Å². The van der Waals surface area contributed by atoms with Gasteiger partial charge in [-0.2, -0.15) is 5.10 Å². The van der Waals surface area contributed by atoms with Crippen molar-refractivity contribution in [1.82, 2.24) is 14.8 Å². The summed E-state index contributed by atoms with van der Waals surface area (Å²) >= 11 is 1.21. The number of aromatic nitrogens is 3. The number of anilines is 1. The van der Waals surface area contributed by atoms with Crippen molar-refractivity contribution in [2.24, 2.45) is 0 Å². The molecule has 0 radical (unpaired) electrons. The Morgan fingerprint density at radius 3 is 2.84 bits per heavy atom. The highest BCUT2D eigenvalue weighted by atomic mass is 32.1. The fraction of sp³-hybridized carbons (Fsp3) is 0.438. The first-order chi connectivity index (χ1) is 12.0. The maximum Gasteiger partial charge on any atom is 0.311 e. The van der Waals surface area contributed by atoms with Gasteiger partial charge in [-0.15, -0.1) is 11.3 Å². The number of amides is 1. The summed E-state index contributed by atoms with van der Waals surface area (Å²) in [7, 11) is 0. The van der Waals surface area contributed by atoms with Crippen LogP contribution in [0.15, 0.2) is 22.3 Å². The molecule has 9 heteroatoms. The molecule has 2 aromatic heterocycles. The molecule has 1 N–H and O–H groups in total. The molecule has 0 fully saturated rings. The lowest BCUT2D eigenvalue weighted by molar-refractivity contribution is -0.142. The smallest absolute Gasteiger partial charge is 0.311 e. The SMILES string of the molecule is CCCCn1nc(C(=O)Nc2nc(CC(=O)OCC)cs2)ccc1=O. The van der Waals surface area contributed by atoms with Gasteiger partial charge in [0.2, 0.25) is 0 Å². The van der Waals surface area contributed by atoms with E-state index in [1.165, 1.54) is 28.2 Å². The Hall–Kier alpha value is -2.55. The van der Waals surface area contributed by atoms with Crippen molar-refractivity contribution in [2.75, 3.05) is 11.9 Å². The number of esters is 1. The van der Waals surface area contributed by atoms with Crippen LogP contribution in [0.25, 0.3) is 0 Å². The van der Waals surface area contributed by atoms with E-state index in [2.05, 4.69) is 15.4 Å². The predicted molar refractivity (Wildman–Crippen MR) is 93.8 cm³/mol. The molecule has 0 atom stereocenters. The fourth-order valence-electron chi connectivity index (χ4n) is 2.00. The van der Waals surface area contributed by atoms with Gasteiger partial charge in [0.25, 0.3) is 11.5 Å². The third kappa shape index (κ3) is 5.49. The van der Waals surface area contributed by atoms with Crippen LogP contribution >= 0.6 is 11.3 Å². The number of ether oxygens (including phenoxy) is 1. The van der Waals surface area contributed by atoms with Crippen LogP contribution < -0.4 is 10.9 Å². The highest BCUT2D eigenvalue weighted by Crippen LogP contribution is 2.16. The molecule has 2 heterocycles. The molecule has 0 aliphatic rings. The quantitative estimate of drug-likeness (QED) is 0.717. The number of carbonyl (C=O) groups excluding carboxylic acids is 2. The number of carbonyl (C=O) groups is 2. The van der Waals surface area contributed by atoms with E-state index in [0.717, 1.165) is 12.8 Å². The molecule has 2 rings (SSSR count). The van der Waals surface area contributed by atoms with Gasteiger partial charge in [0.15, 0.2) is 5.13 Å². The van der Waals surface area contributed by atoms with Crippen LogP contribution in [0.2, 0.25) is 0 Å². The van der Waals surface area contributed by atoms with Crippen LogP contribution in [0, 0.1) is 0 Å². The monoisotopic (exact) mass is 364 g/mol. The molecule has 0 aliphatic heterocycles. The van der Waals surface area contributed by atoms with Gasteiger partial charge in [0, 0.05) is 18.0 Å². The molecule has 0 saturated carbocycles. The lowest BCUT2D eigenvalue weighted by Gasteiger charge is -2.06. The fourth-order valence-corrected chi connectivity index (χ4v) is 2.71. The maximum absolute atomic E-state index is 12.3. The van der Waals surface area contributed by atoms with Crippen LogP contribution in [-0.4, -0.2) is 33.2 Å². The molecule has 0 saturated heterocycles. The number of unbranched alkanes of at least 4 members (excludes halogenated alkanes) is 1. The average Bonchev–Trinajstić information content (AvgIpc) is 3.01. The van der Waals surface area contributed by atoms with E-state index in [4.69, 9.17) is 4.74 Å². The molecule has 0 spiro atoms. The molecule has 2 aromatic rings. The van der Waals surface area contributed by atoms with Crippen molar-refractivity contribution in [3.63, 3.8) is 0 Å². The zero-order chi connectivity index (χ0) is 18.2. The predicted octanol–water partition coefficient (Wildman–Crippen LogP) is 1.86. The molecule has 134 valence electrons. The van der Waals surface area contributed by atoms with Crippen LogP contribution in [0.1, 0.15) is 42.9 Å². The summed E-state index contributed by atoms with van der Waals surface area (Å²) in [5, 5.41) is 8.75. The normalized spacial score (nSPS) is 10.5. The van der Waals surface area contributed by atoms with Crippen LogP contribution in [0.3, 0.4) is 0 Å². The minimum Gasteiger partial charge on any atom is -0.466 e. The highest BCUT2D eigenvalue weighted by Gasteiger charge is 2.13. The molecule has 0 bridgehead atoms. The van der Waals surface area contributed by atoms with Crippen LogP contribution in [0.4, 0.5) is 5.13 Å². The Kier molecular flexibility index (Phi) is 6.81. The average molecular weight is 364 g/mol. The number of aryl methyl sites for hydroxylation is 1. The van der Waals surface area contributed by atoms with Crippen molar-refractivity contribution >= 4 is 28.3 Å². The molecule has 0 unspecified atom stereocenters. The zero-order valence-corrected chi connectivity index (χ0v) is 15.0. The Balaban J connectivity index is 2.03. The van der Waals surface area contributed by atoms with E-state index >= 15 is 0 Å². The van der Waals surface area contributed by atoms with Gasteiger partial charge in [-0.25, -0.2) is 9.67 Å². The van der Waals surface area contributed by atoms with Crippen molar-refractivity contribution < 1.29 is 14.3 Å². The number of hydrogen-bond acceptors (Lipinski definition) is 7. The number of hydrogen-bond donors (Lipinski definition) is 1. The Morgan fingerprint density at radius 2 is 2.12 bits per heavy atom. The van der Waals surface area contributed by atoms with Crippen LogP contribution in [-0.2, 0) is 22.5 Å². The lowest BCUT2D eigenvalue weighted by atomic mass is 10.3. The van der Waals surface area contributed by atoms with E-state index in [-0.39, 0.29) is 23.6 Å². The standard InChI is InChI=1S/C16H20N4O4S/c1-3-5-8-20-13(21)7-6-12(19-20)15(23)18-16-17-11(10-25-16)9-14(22)24-4-2/h6-7,10H,3-5,8-9H2,1-2H3,(H,17,18,23). The van der Waals surface area contributed by atoms with Gasteiger partial charge in [0.1, 0.15) is 5.69 Å². The minimum absolute atomic E-state index is 0.0559. The van der Waals surface area contributed by atoms with E-state index in [9.17, 15) is 14.4 Å². The first kappa shape index (κ1) is 18.8. The van der Waals surface area contributed by atoms with Crippen molar-refractivity contribution in [3.05, 3.63) is 39.3 Å². The maximum atomic E-state index is 12.3. The summed E-state index contributed by atoms with van der Waals surface area (Å²) in [6, 6.07) is 2.71. The summed E-state index contributed by atoms with van der Waals surface area (Å²) in [4.78, 5) is 39.6. The van der Waals surface area contributed by atoms with Crippen LogP contribution in [0.5, 0.6) is 0 Å².